The normalized spacial score (nSPS) is 9.78. The van der Waals surface area contributed by atoms with Crippen LogP contribution in [0, 0.1) is 0 Å². The third-order valence-corrected chi connectivity index (χ3v) is 2.37. The van der Waals surface area contributed by atoms with Crippen LogP contribution >= 0.6 is 0 Å². The van der Waals surface area contributed by atoms with E-state index in [9.17, 15) is 4.79 Å². The third-order valence-electron chi connectivity index (χ3n) is 2.37. The van der Waals surface area contributed by atoms with Crippen LogP contribution in [-0.4, -0.2) is 16.2 Å². The van der Waals surface area contributed by atoms with Gasteiger partial charge >= 0.3 is 5.97 Å². The molecule has 0 atom stereocenters. The molecule has 2 aromatic carbocycles. The van der Waals surface area contributed by atoms with Gasteiger partial charge < -0.3 is 21.1 Å². The van der Waals surface area contributed by atoms with E-state index in [-0.39, 0.29) is 11.3 Å². The van der Waals surface area contributed by atoms with Crippen molar-refractivity contribution in [2.75, 3.05) is 10.9 Å². The van der Waals surface area contributed by atoms with Gasteiger partial charge in [-0.2, -0.15) is 0 Å². The largest absolute Gasteiger partial charge is 0.508 e. The first-order chi connectivity index (χ1) is 8.66. The highest BCUT2D eigenvalue weighted by Gasteiger charge is 2.07. The topological polar surface area (TPSA) is 81.6 Å². The van der Waals surface area contributed by atoms with Gasteiger partial charge in [0.1, 0.15) is 5.75 Å². The summed E-state index contributed by atoms with van der Waals surface area (Å²) in [6.45, 7) is 0. The summed E-state index contributed by atoms with van der Waals surface area (Å²) in [5.41, 5.74) is 7.05. The molecule has 5 heteroatoms. The first-order valence-corrected chi connectivity index (χ1v) is 5.30. The van der Waals surface area contributed by atoms with Crippen LogP contribution < -0.4 is 10.9 Å². The zero-order valence-corrected chi connectivity index (χ0v) is 9.42. The number of phenolic OH excluding ortho intramolecular Hbond substituents is 1. The maximum atomic E-state index is 11.0. The van der Waals surface area contributed by atoms with Crippen LogP contribution in [0.5, 0.6) is 5.75 Å². The Balaban J connectivity index is 2.10. The summed E-state index contributed by atoms with van der Waals surface area (Å²) < 4.78 is 0. The van der Waals surface area contributed by atoms with Crippen LogP contribution in [-0.2, 0) is 0 Å². The first-order valence-electron chi connectivity index (χ1n) is 5.30. The van der Waals surface area contributed by atoms with Gasteiger partial charge in [-0.25, -0.2) is 4.79 Å². The molecular formula is C13H12N2O3. The molecule has 0 heterocycles. The molecule has 2 rings (SSSR count). The van der Waals surface area contributed by atoms with Crippen LogP contribution in [0.3, 0.4) is 0 Å². The average Bonchev–Trinajstić information content (AvgIpc) is 2.38. The molecule has 0 saturated carbocycles. The van der Waals surface area contributed by atoms with Crippen molar-refractivity contribution >= 4 is 17.3 Å². The lowest BCUT2D eigenvalue weighted by atomic mass is 10.2. The maximum absolute atomic E-state index is 11.0. The Bertz CT molecular complexity index is 552. The second-order valence-corrected chi connectivity index (χ2v) is 3.65. The number of hydrogen-bond acceptors (Lipinski definition) is 4. The Hall–Kier alpha value is -2.69. The highest BCUT2D eigenvalue weighted by atomic mass is 16.4. The second kappa shape index (κ2) is 5.09. The van der Waals surface area contributed by atoms with Gasteiger partial charge in [-0.15, -0.1) is 0 Å². The van der Waals surface area contributed by atoms with Crippen LogP contribution in [0.15, 0.2) is 48.5 Å². The second-order valence-electron chi connectivity index (χ2n) is 3.65. The lowest BCUT2D eigenvalue weighted by Crippen LogP contribution is -2.12. The number of anilines is 2. The fourth-order valence-electron chi connectivity index (χ4n) is 1.46. The standard InChI is InChI=1S/C13H12N2O3/c16-10-7-5-9(6-8-10)14-15-12-4-2-1-3-11(12)13(17)18/h1-8,14-16H,(H,17,18). The molecule has 0 saturated heterocycles. The average molecular weight is 244 g/mol. The number of benzene rings is 2. The van der Waals surface area contributed by atoms with Crippen molar-refractivity contribution in [1.82, 2.24) is 0 Å². The van der Waals surface area contributed by atoms with Gasteiger partial charge in [0, 0.05) is 0 Å². The Morgan fingerprint density at radius 1 is 0.944 bits per heavy atom. The molecule has 0 fully saturated rings. The van der Waals surface area contributed by atoms with E-state index in [1.165, 1.54) is 18.2 Å². The lowest BCUT2D eigenvalue weighted by Gasteiger charge is -2.11. The van der Waals surface area contributed by atoms with Gasteiger partial charge in [0.2, 0.25) is 0 Å². The SMILES string of the molecule is O=C(O)c1ccccc1NNc1ccc(O)cc1. The number of aromatic hydroxyl groups is 1. The van der Waals surface area contributed by atoms with E-state index in [1.807, 2.05) is 0 Å². The molecule has 0 unspecified atom stereocenters. The fourth-order valence-corrected chi connectivity index (χ4v) is 1.46. The summed E-state index contributed by atoms with van der Waals surface area (Å²) >= 11 is 0. The molecule has 0 spiro atoms. The molecular weight excluding hydrogens is 232 g/mol. The molecule has 0 aliphatic rings. The van der Waals surface area contributed by atoms with Crippen LogP contribution in [0.2, 0.25) is 0 Å². The highest BCUT2D eigenvalue weighted by molar-refractivity contribution is 5.94. The van der Waals surface area contributed by atoms with Crippen molar-refractivity contribution in [2.45, 2.75) is 0 Å². The predicted octanol–water partition coefficient (Wildman–Crippen LogP) is 2.53. The minimum atomic E-state index is -0.995. The van der Waals surface area contributed by atoms with E-state index in [1.54, 1.807) is 30.3 Å². The zero-order chi connectivity index (χ0) is 13.0. The van der Waals surface area contributed by atoms with Gasteiger partial charge in [0.15, 0.2) is 0 Å². The number of carboxylic acids is 1. The molecule has 0 aliphatic carbocycles. The zero-order valence-electron chi connectivity index (χ0n) is 9.42. The lowest BCUT2D eigenvalue weighted by molar-refractivity contribution is 0.0698. The smallest absolute Gasteiger partial charge is 0.337 e. The molecule has 92 valence electrons. The monoisotopic (exact) mass is 244 g/mol. The Morgan fingerprint density at radius 3 is 2.28 bits per heavy atom. The molecule has 18 heavy (non-hydrogen) atoms. The summed E-state index contributed by atoms with van der Waals surface area (Å²) in [6.07, 6.45) is 0. The molecule has 2 aromatic rings. The molecule has 4 N–H and O–H groups in total. The number of para-hydroxylation sites is 1. The predicted molar refractivity (Wildman–Crippen MR) is 68.8 cm³/mol. The molecule has 0 aromatic heterocycles. The van der Waals surface area contributed by atoms with Crippen molar-refractivity contribution in [3.05, 3.63) is 54.1 Å². The Kier molecular flexibility index (Phi) is 3.33. The highest BCUT2D eigenvalue weighted by Crippen LogP contribution is 2.17. The first kappa shape index (κ1) is 11.8. The van der Waals surface area contributed by atoms with Crippen molar-refractivity contribution < 1.29 is 15.0 Å². The van der Waals surface area contributed by atoms with Gasteiger partial charge in [-0.05, 0) is 36.4 Å². The van der Waals surface area contributed by atoms with Crippen molar-refractivity contribution in [1.29, 1.82) is 0 Å². The number of phenols is 1. The number of aromatic carboxylic acids is 1. The molecule has 5 nitrogen and oxygen atoms in total. The van der Waals surface area contributed by atoms with Crippen molar-refractivity contribution in [3.63, 3.8) is 0 Å². The minimum Gasteiger partial charge on any atom is -0.508 e. The fraction of sp³-hybridized carbons (Fsp3) is 0. The van der Waals surface area contributed by atoms with Crippen LogP contribution in [0.1, 0.15) is 10.4 Å². The van der Waals surface area contributed by atoms with E-state index in [0.29, 0.717) is 11.4 Å². The molecule has 0 bridgehead atoms. The number of rotatable bonds is 4. The van der Waals surface area contributed by atoms with E-state index >= 15 is 0 Å². The minimum absolute atomic E-state index is 0.173. The summed E-state index contributed by atoms with van der Waals surface area (Å²) in [5.74, 6) is -0.822. The van der Waals surface area contributed by atoms with E-state index in [4.69, 9.17) is 10.2 Å². The Labute approximate surface area is 104 Å². The van der Waals surface area contributed by atoms with E-state index in [0.717, 1.165) is 0 Å². The summed E-state index contributed by atoms with van der Waals surface area (Å²) in [5, 5.41) is 18.1. The Morgan fingerprint density at radius 2 is 1.61 bits per heavy atom. The quantitative estimate of drug-likeness (QED) is 0.491. The number of carbonyl (C=O) groups is 1. The van der Waals surface area contributed by atoms with Crippen LogP contribution in [0.4, 0.5) is 11.4 Å². The van der Waals surface area contributed by atoms with Crippen LogP contribution in [0.25, 0.3) is 0 Å². The summed E-state index contributed by atoms with van der Waals surface area (Å²) in [6, 6.07) is 13.0. The summed E-state index contributed by atoms with van der Waals surface area (Å²) in [7, 11) is 0. The van der Waals surface area contributed by atoms with Crippen molar-refractivity contribution in [2.24, 2.45) is 0 Å². The number of hydrogen-bond donors (Lipinski definition) is 4. The number of carboxylic acid groups (broad SMARTS) is 1. The molecule has 0 radical (unpaired) electrons. The maximum Gasteiger partial charge on any atom is 0.337 e. The third kappa shape index (κ3) is 2.70. The molecule has 0 amide bonds. The van der Waals surface area contributed by atoms with E-state index < -0.39 is 5.97 Å². The van der Waals surface area contributed by atoms with Gasteiger partial charge in [0.05, 0.1) is 16.9 Å². The van der Waals surface area contributed by atoms with Gasteiger partial charge in [0.25, 0.3) is 0 Å². The van der Waals surface area contributed by atoms with Crippen molar-refractivity contribution in [3.8, 4) is 5.75 Å². The molecule has 0 aliphatic heterocycles. The van der Waals surface area contributed by atoms with Gasteiger partial charge in [-0.3, -0.25) is 0 Å². The number of nitrogens with one attached hydrogen (secondary N) is 2. The van der Waals surface area contributed by atoms with E-state index in [2.05, 4.69) is 10.9 Å². The summed E-state index contributed by atoms with van der Waals surface area (Å²) in [4.78, 5) is 11.0. The van der Waals surface area contributed by atoms with Gasteiger partial charge in [-0.1, -0.05) is 12.1 Å². The number of hydrazine groups is 1.